The van der Waals surface area contributed by atoms with E-state index < -0.39 is 17.7 Å². The lowest BCUT2D eigenvalue weighted by molar-refractivity contribution is 0.0508. The van der Waals surface area contributed by atoms with Crippen LogP contribution in [0.3, 0.4) is 0 Å². The summed E-state index contributed by atoms with van der Waals surface area (Å²) in [4.78, 5) is 40.0. The van der Waals surface area contributed by atoms with Crippen LogP contribution < -0.4 is 20.9 Å². The number of carbonyl (C=O) groups excluding carboxylic acids is 2. The molecule has 0 bridgehead atoms. The smallest absolute Gasteiger partial charge is 0.408 e. The zero-order chi connectivity index (χ0) is 26.6. The molecular formula is C28H31N3O5S. The monoisotopic (exact) mass is 521 g/mol. The van der Waals surface area contributed by atoms with Crippen LogP contribution in [0.4, 0.5) is 4.79 Å². The number of methoxy groups -OCH3 is 1. The molecule has 0 unspecified atom stereocenters. The molecule has 0 radical (unpaired) electrons. The van der Waals surface area contributed by atoms with Gasteiger partial charge >= 0.3 is 6.09 Å². The number of nitrogens with one attached hydrogen (secondary N) is 2. The van der Waals surface area contributed by atoms with Gasteiger partial charge in [-0.25, -0.2) is 4.79 Å². The molecule has 2 amide bonds. The van der Waals surface area contributed by atoms with Gasteiger partial charge in [0.15, 0.2) is 0 Å². The Kier molecular flexibility index (Phi) is 7.92. The fourth-order valence-electron chi connectivity index (χ4n) is 4.03. The zero-order valence-corrected chi connectivity index (χ0v) is 22.2. The van der Waals surface area contributed by atoms with Crippen molar-refractivity contribution in [2.75, 3.05) is 12.9 Å². The quantitative estimate of drug-likeness (QED) is 0.475. The largest absolute Gasteiger partial charge is 0.497 e. The van der Waals surface area contributed by atoms with E-state index in [1.165, 1.54) is 16.3 Å². The molecule has 3 aromatic rings. The van der Waals surface area contributed by atoms with Crippen molar-refractivity contribution < 1.29 is 19.1 Å². The van der Waals surface area contributed by atoms with E-state index in [0.29, 0.717) is 34.9 Å². The van der Waals surface area contributed by atoms with Crippen LogP contribution >= 0.6 is 11.8 Å². The van der Waals surface area contributed by atoms with Crippen molar-refractivity contribution in [1.82, 2.24) is 15.2 Å². The fraction of sp³-hybridized carbons (Fsp3) is 0.321. The third-order valence-electron chi connectivity index (χ3n) is 5.75. The first-order valence-corrected chi connectivity index (χ1v) is 13.0. The van der Waals surface area contributed by atoms with E-state index in [0.717, 1.165) is 16.9 Å². The lowest BCUT2D eigenvalue weighted by Crippen LogP contribution is -2.38. The highest BCUT2D eigenvalue weighted by atomic mass is 32.2. The number of fused-ring (bicyclic) bond motifs is 1. The van der Waals surface area contributed by atoms with Crippen LogP contribution in [-0.2, 0) is 17.8 Å². The second-order valence-electron chi connectivity index (χ2n) is 9.74. The molecule has 2 aromatic carbocycles. The maximum absolute atomic E-state index is 13.6. The van der Waals surface area contributed by atoms with E-state index in [4.69, 9.17) is 9.47 Å². The third kappa shape index (κ3) is 6.54. The van der Waals surface area contributed by atoms with Gasteiger partial charge in [-0.2, -0.15) is 0 Å². The lowest BCUT2D eigenvalue weighted by Gasteiger charge is -2.22. The average Bonchev–Trinajstić information content (AvgIpc) is 3.27. The van der Waals surface area contributed by atoms with Crippen molar-refractivity contribution in [1.29, 1.82) is 0 Å². The first-order valence-electron chi connectivity index (χ1n) is 12.0. The van der Waals surface area contributed by atoms with Crippen molar-refractivity contribution in [2.45, 2.75) is 50.4 Å². The number of carbonyl (C=O) groups is 2. The lowest BCUT2D eigenvalue weighted by atomic mass is 10.1. The number of aromatic nitrogens is 1. The fourth-order valence-corrected chi connectivity index (χ4v) is 5.30. The van der Waals surface area contributed by atoms with Crippen LogP contribution in [0.25, 0.3) is 0 Å². The summed E-state index contributed by atoms with van der Waals surface area (Å²) in [6.07, 6.45) is 1.01. The molecule has 1 atom stereocenters. The van der Waals surface area contributed by atoms with Crippen LogP contribution in [0.5, 0.6) is 5.75 Å². The van der Waals surface area contributed by atoms with Crippen molar-refractivity contribution in [3.8, 4) is 5.75 Å². The van der Waals surface area contributed by atoms with Crippen molar-refractivity contribution in [3.05, 3.63) is 93.4 Å². The summed E-state index contributed by atoms with van der Waals surface area (Å²) < 4.78 is 12.1. The topological polar surface area (TPSA) is 98.7 Å². The summed E-state index contributed by atoms with van der Waals surface area (Å²) in [6.45, 7) is 5.96. The van der Waals surface area contributed by atoms with Gasteiger partial charge in [-0.05, 0) is 44.0 Å². The number of hydrogen-bond acceptors (Lipinski definition) is 6. The van der Waals surface area contributed by atoms with Gasteiger partial charge < -0.3 is 24.7 Å². The standard InChI is InChI=1S/C28H31N3O5S/c1-28(2,3)36-27(34)30-22-17-37-24-21(25(32)29-14-18-10-12-20(35-4)13-11-18)16-31(26(33)23(22)24)15-19-8-6-5-7-9-19/h5-13,16,22H,14-15,17H2,1-4H3,(H,29,32)(H,30,34)/t22-/m0/s1. The minimum absolute atomic E-state index is 0.239. The maximum atomic E-state index is 13.6. The van der Waals surface area contributed by atoms with E-state index in [-0.39, 0.29) is 11.5 Å². The first kappa shape index (κ1) is 26.3. The Bertz CT molecular complexity index is 1330. The van der Waals surface area contributed by atoms with Crippen molar-refractivity contribution in [3.63, 3.8) is 0 Å². The van der Waals surface area contributed by atoms with Gasteiger partial charge in [-0.3, -0.25) is 9.59 Å². The van der Waals surface area contributed by atoms with Gasteiger partial charge in [-0.15, -0.1) is 11.8 Å². The molecule has 37 heavy (non-hydrogen) atoms. The second kappa shape index (κ2) is 11.1. The summed E-state index contributed by atoms with van der Waals surface area (Å²) in [6, 6.07) is 16.4. The molecule has 194 valence electrons. The number of amides is 2. The molecule has 2 N–H and O–H groups in total. The Balaban J connectivity index is 1.64. The summed E-state index contributed by atoms with van der Waals surface area (Å²) >= 11 is 1.39. The summed E-state index contributed by atoms with van der Waals surface area (Å²) in [5.74, 6) is 0.873. The Morgan fingerprint density at radius 1 is 1.05 bits per heavy atom. The van der Waals surface area contributed by atoms with Crippen LogP contribution in [-0.4, -0.2) is 35.0 Å². The summed E-state index contributed by atoms with van der Waals surface area (Å²) in [5.41, 5.74) is 1.74. The van der Waals surface area contributed by atoms with Crippen molar-refractivity contribution >= 4 is 23.8 Å². The highest BCUT2D eigenvalue weighted by Crippen LogP contribution is 2.38. The highest BCUT2D eigenvalue weighted by Gasteiger charge is 2.34. The predicted octanol–water partition coefficient (Wildman–Crippen LogP) is 4.51. The highest BCUT2D eigenvalue weighted by molar-refractivity contribution is 7.99. The SMILES string of the molecule is COc1ccc(CNC(=O)c2cn(Cc3ccccc3)c(=O)c3c2SC[C@@H]3NC(=O)OC(C)(C)C)cc1. The number of rotatable bonds is 7. The number of benzene rings is 2. The molecule has 0 aliphatic carbocycles. The molecule has 1 aliphatic rings. The minimum Gasteiger partial charge on any atom is -0.497 e. The summed E-state index contributed by atoms with van der Waals surface area (Å²) in [7, 11) is 1.60. The Hall–Kier alpha value is -3.72. The van der Waals surface area contributed by atoms with Crippen molar-refractivity contribution in [2.24, 2.45) is 0 Å². The van der Waals surface area contributed by atoms with Gasteiger partial charge in [0.05, 0.1) is 30.8 Å². The van der Waals surface area contributed by atoms with Gasteiger partial charge in [0.2, 0.25) is 0 Å². The molecule has 0 fully saturated rings. The Labute approximate surface area is 220 Å². The zero-order valence-electron chi connectivity index (χ0n) is 21.4. The predicted molar refractivity (Wildman–Crippen MR) is 143 cm³/mol. The van der Waals surface area contributed by atoms with Crippen LogP contribution in [0.2, 0.25) is 0 Å². The van der Waals surface area contributed by atoms with Gasteiger partial charge in [-0.1, -0.05) is 42.5 Å². The normalized spacial score (nSPS) is 14.5. The van der Waals surface area contributed by atoms with Gasteiger partial charge in [0.1, 0.15) is 11.4 Å². The van der Waals surface area contributed by atoms with Crippen LogP contribution in [0, 0.1) is 0 Å². The van der Waals surface area contributed by atoms with E-state index in [2.05, 4.69) is 10.6 Å². The molecule has 4 rings (SSSR count). The van der Waals surface area contributed by atoms with Gasteiger partial charge in [0.25, 0.3) is 11.5 Å². The Morgan fingerprint density at radius 3 is 2.41 bits per heavy atom. The summed E-state index contributed by atoms with van der Waals surface area (Å²) in [5, 5.41) is 5.78. The minimum atomic E-state index is -0.671. The third-order valence-corrected chi connectivity index (χ3v) is 6.98. The molecular weight excluding hydrogens is 490 g/mol. The number of ether oxygens (including phenoxy) is 2. The van der Waals surface area contributed by atoms with E-state index >= 15 is 0 Å². The number of pyridine rings is 1. The molecule has 9 heteroatoms. The number of hydrogen-bond donors (Lipinski definition) is 2. The van der Waals surface area contributed by atoms with E-state index in [9.17, 15) is 14.4 Å². The molecule has 0 saturated carbocycles. The van der Waals surface area contributed by atoms with E-state index in [1.54, 1.807) is 34.1 Å². The van der Waals surface area contributed by atoms with Crippen LogP contribution in [0.15, 0.2) is 70.5 Å². The molecule has 1 aliphatic heterocycles. The molecule has 1 aromatic heterocycles. The Morgan fingerprint density at radius 2 is 1.76 bits per heavy atom. The molecule has 0 spiro atoms. The maximum Gasteiger partial charge on any atom is 0.408 e. The van der Waals surface area contributed by atoms with Gasteiger partial charge in [0, 0.05) is 23.4 Å². The molecule has 8 nitrogen and oxygen atoms in total. The van der Waals surface area contributed by atoms with Crippen LogP contribution in [0.1, 0.15) is 53.9 Å². The molecule has 2 heterocycles. The van der Waals surface area contributed by atoms with E-state index in [1.807, 2.05) is 54.6 Å². The number of alkyl carbamates (subject to hydrolysis) is 1. The average molecular weight is 522 g/mol. The molecule has 0 saturated heterocycles. The number of nitrogens with zero attached hydrogens (tertiary/aromatic N) is 1. The second-order valence-corrected chi connectivity index (χ2v) is 10.8. The number of thioether (sulfide) groups is 1. The first-order chi connectivity index (χ1) is 17.6.